The molecule has 0 heterocycles. The van der Waals surface area contributed by atoms with E-state index in [9.17, 15) is 9.59 Å². The van der Waals surface area contributed by atoms with Crippen LogP contribution in [-0.4, -0.2) is 44.6 Å². The summed E-state index contributed by atoms with van der Waals surface area (Å²) in [6.07, 6.45) is 0.260. The standard InChI is InChI=1S/C13H18BrN3O3/c1-15-12(18)6-7-17(2)13(19)16-10-8-9(14)4-5-11(10)20-3/h4-5,8H,6-7H2,1-3H3,(H,15,18)(H,16,19). The molecule has 6 nitrogen and oxygen atoms in total. The molecule has 20 heavy (non-hydrogen) atoms. The van der Waals surface area contributed by atoms with E-state index >= 15 is 0 Å². The van der Waals surface area contributed by atoms with E-state index in [0.717, 1.165) is 4.47 Å². The van der Waals surface area contributed by atoms with Gasteiger partial charge in [0.2, 0.25) is 5.91 Å². The second kappa shape index (κ2) is 7.74. The van der Waals surface area contributed by atoms with Crippen LogP contribution in [0.4, 0.5) is 10.5 Å². The third kappa shape index (κ3) is 4.73. The van der Waals surface area contributed by atoms with Gasteiger partial charge in [0.15, 0.2) is 0 Å². The highest BCUT2D eigenvalue weighted by Gasteiger charge is 2.13. The number of methoxy groups -OCH3 is 1. The molecule has 3 amide bonds. The van der Waals surface area contributed by atoms with Crippen molar-refractivity contribution in [2.24, 2.45) is 0 Å². The Morgan fingerprint density at radius 1 is 1.40 bits per heavy atom. The summed E-state index contributed by atoms with van der Waals surface area (Å²) < 4.78 is 6.01. The third-order valence-corrected chi connectivity index (χ3v) is 3.20. The van der Waals surface area contributed by atoms with Gasteiger partial charge in [-0.2, -0.15) is 0 Å². The van der Waals surface area contributed by atoms with Crippen LogP contribution < -0.4 is 15.4 Å². The number of benzene rings is 1. The van der Waals surface area contributed by atoms with Gasteiger partial charge in [-0.1, -0.05) is 15.9 Å². The fourth-order valence-electron chi connectivity index (χ4n) is 1.48. The molecule has 0 spiro atoms. The van der Waals surface area contributed by atoms with Gasteiger partial charge < -0.3 is 20.3 Å². The van der Waals surface area contributed by atoms with Gasteiger partial charge in [-0.15, -0.1) is 0 Å². The summed E-state index contributed by atoms with van der Waals surface area (Å²) in [7, 11) is 4.73. The molecule has 0 bridgehead atoms. The first-order valence-electron chi connectivity index (χ1n) is 6.04. The average molecular weight is 344 g/mol. The van der Waals surface area contributed by atoms with Crippen LogP contribution in [0.15, 0.2) is 22.7 Å². The number of amides is 3. The van der Waals surface area contributed by atoms with Crippen LogP contribution >= 0.6 is 15.9 Å². The number of carbonyl (C=O) groups is 2. The first-order chi connectivity index (χ1) is 9.47. The molecule has 1 aromatic carbocycles. The van der Waals surface area contributed by atoms with Crippen molar-refractivity contribution in [2.45, 2.75) is 6.42 Å². The van der Waals surface area contributed by atoms with Gasteiger partial charge in [-0.3, -0.25) is 4.79 Å². The summed E-state index contributed by atoms with van der Waals surface area (Å²) in [5.41, 5.74) is 0.568. The Hall–Kier alpha value is -1.76. The molecule has 0 aliphatic carbocycles. The largest absolute Gasteiger partial charge is 0.495 e. The third-order valence-electron chi connectivity index (χ3n) is 2.70. The molecular formula is C13H18BrN3O3. The first kappa shape index (κ1) is 16.3. The number of hydrogen-bond donors (Lipinski definition) is 2. The van der Waals surface area contributed by atoms with Crippen LogP contribution in [0.3, 0.4) is 0 Å². The SMILES string of the molecule is CNC(=O)CCN(C)C(=O)Nc1cc(Br)ccc1OC. The van der Waals surface area contributed by atoms with E-state index in [2.05, 4.69) is 26.6 Å². The molecule has 2 N–H and O–H groups in total. The van der Waals surface area contributed by atoms with Gasteiger partial charge in [0.25, 0.3) is 0 Å². The minimum atomic E-state index is -0.301. The summed E-state index contributed by atoms with van der Waals surface area (Å²) in [4.78, 5) is 24.6. The number of nitrogens with one attached hydrogen (secondary N) is 2. The molecule has 0 radical (unpaired) electrons. The highest BCUT2D eigenvalue weighted by atomic mass is 79.9. The lowest BCUT2D eigenvalue weighted by Gasteiger charge is -2.18. The Kier molecular flexibility index (Phi) is 6.30. The molecule has 0 aromatic heterocycles. The second-order valence-corrected chi connectivity index (χ2v) is 5.04. The quantitative estimate of drug-likeness (QED) is 0.859. The van der Waals surface area contributed by atoms with Crippen molar-refractivity contribution >= 4 is 33.6 Å². The molecule has 0 atom stereocenters. The summed E-state index contributed by atoms with van der Waals surface area (Å²) >= 11 is 3.34. The summed E-state index contributed by atoms with van der Waals surface area (Å²) in [5.74, 6) is 0.464. The molecule has 0 aliphatic rings. The number of anilines is 1. The molecule has 110 valence electrons. The molecule has 0 saturated heterocycles. The lowest BCUT2D eigenvalue weighted by Crippen LogP contribution is -2.34. The maximum Gasteiger partial charge on any atom is 0.321 e. The van der Waals surface area contributed by atoms with Gasteiger partial charge >= 0.3 is 6.03 Å². The van der Waals surface area contributed by atoms with E-state index in [-0.39, 0.29) is 18.4 Å². The van der Waals surface area contributed by atoms with Gasteiger partial charge in [0.1, 0.15) is 5.75 Å². The Morgan fingerprint density at radius 3 is 2.70 bits per heavy atom. The van der Waals surface area contributed by atoms with E-state index in [1.54, 1.807) is 26.2 Å². The van der Waals surface area contributed by atoms with E-state index in [1.807, 2.05) is 6.07 Å². The minimum Gasteiger partial charge on any atom is -0.495 e. The van der Waals surface area contributed by atoms with Crippen molar-refractivity contribution in [3.63, 3.8) is 0 Å². The number of halogens is 1. The van der Waals surface area contributed by atoms with Gasteiger partial charge in [0.05, 0.1) is 12.8 Å². The summed E-state index contributed by atoms with van der Waals surface area (Å²) in [5, 5.41) is 5.26. The number of hydrogen-bond acceptors (Lipinski definition) is 3. The molecule has 0 aliphatic heterocycles. The molecule has 0 saturated carbocycles. The van der Waals surface area contributed by atoms with Crippen molar-refractivity contribution in [2.75, 3.05) is 33.1 Å². The molecule has 1 aromatic rings. The Morgan fingerprint density at radius 2 is 2.10 bits per heavy atom. The number of carbonyl (C=O) groups excluding carboxylic acids is 2. The van der Waals surface area contributed by atoms with E-state index < -0.39 is 0 Å². The highest BCUT2D eigenvalue weighted by molar-refractivity contribution is 9.10. The lowest BCUT2D eigenvalue weighted by atomic mass is 10.3. The van der Waals surface area contributed by atoms with Crippen LogP contribution in [0.5, 0.6) is 5.75 Å². The lowest BCUT2D eigenvalue weighted by molar-refractivity contribution is -0.120. The Labute approximate surface area is 126 Å². The Balaban J connectivity index is 2.65. The summed E-state index contributed by atoms with van der Waals surface area (Å²) in [6, 6.07) is 5.03. The van der Waals surface area contributed by atoms with Crippen LogP contribution in [0.1, 0.15) is 6.42 Å². The maximum atomic E-state index is 12.0. The Bertz CT molecular complexity index is 494. The molecule has 0 unspecified atom stereocenters. The van der Waals surface area contributed by atoms with Crippen molar-refractivity contribution in [3.05, 3.63) is 22.7 Å². The zero-order valence-electron chi connectivity index (χ0n) is 11.7. The van der Waals surface area contributed by atoms with Crippen LogP contribution in [0, 0.1) is 0 Å². The molecule has 7 heteroatoms. The fourth-order valence-corrected chi connectivity index (χ4v) is 1.85. The van der Waals surface area contributed by atoms with Crippen LogP contribution in [0.25, 0.3) is 0 Å². The monoisotopic (exact) mass is 343 g/mol. The predicted molar refractivity (Wildman–Crippen MR) is 81.0 cm³/mol. The van der Waals surface area contributed by atoms with E-state index in [4.69, 9.17) is 4.74 Å². The van der Waals surface area contributed by atoms with Crippen molar-refractivity contribution in [1.29, 1.82) is 0 Å². The predicted octanol–water partition coefficient (Wildman–Crippen LogP) is 2.06. The van der Waals surface area contributed by atoms with Crippen molar-refractivity contribution in [1.82, 2.24) is 10.2 Å². The van der Waals surface area contributed by atoms with Gasteiger partial charge in [-0.05, 0) is 18.2 Å². The number of rotatable bonds is 5. The zero-order chi connectivity index (χ0) is 15.1. The van der Waals surface area contributed by atoms with Crippen LogP contribution in [-0.2, 0) is 4.79 Å². The number of nitrogens with zero attached hydrogens (tertiary/aromatic N) is 1. The average Bonchev–Trinajstić information content (AvgIpc) is 2.44. The van der Waals surface area contributed by atoms with E-state index in [1.165, 1.54) is 12.0 Å². The van der Waals surface area contributed by atoms with Crippen molar-refractivity contribution < 1.29 is 14.3 Å². The summed E-state index contributed by atoms with van der Waals surface area (Å²) in [6.45, 7) is 0.335. The van der Waals surface area contributed by atoms with Crippen molar-refractivity contribution in [3.8, 4) is 5.75 Å². The number of ether oxygens (including phenoxy) is 1. The van der Waals surface area contributed by atoms with Crippen LogP contribution in [0.2, 0.25) is 0 Å². The molecular weight excluding hydrogens is 326 g/mol. The van der Waals surface area contributed by atoms with Gasteiger partial charge in [0, 0.05) is 31.5 Å². The second-order valence-electron chi connectivity index (χ2n) is 4.12. The zero-order valence-corrected chi connectivity index (χ0v) is 13.3. The minimum absolute atomic E-state index is 0.107. The van der Waals surface area contributed by atoms with E-state index in [0.29, 0.717) is 18.0 Å². The highest BCUT2D eigenvalue weighted by Crippen LogP contribution is 2.28. The normalized spacial score (nSPS) is 9.80. The smallest absolute Gasteiger partial charge is 0.321 e. The maximum absolute atomic E-state index is 12.0. The fraction of sp³-hybridized carbons (Fsp3) is 0.385. The topological polar surface area (TPSA) is 70.7 Å². The number of urea groups is 1. The first-order valence-corrected chi connectivity index (χ1v) is 6.83. The molecule has 0 fully saturated rings. The van der Waals surface area contributed by atoms with Gasteiger partial charge in [-0.25, -0.2) is 4.79 Å². The molecule has 1 rings (SSSR count).